The summed E-state index contributed by atoms with van der Waals surface area (Å²) < 4.78 is 6.40. The summed E-state index contributed by atoms with van der Waals surface area (Å²) in [4.78, 5) is 37.9. The number of ketones is 1. The third-order valence-electron chi connectivity index (χ3n) is 4.64. The van der Waals surface area contributed by atoms with Gasteiger partial charge in [-0.05, 0) is 18.9 Å². The molecule has 0 aliphatic carbocycles. The van der Waals surface area contributed by atoms with Crippen molar-refractivity contribution in [2.45, 2.75) is 39.5 Å². The maximum atomic E-state index is 12.6. The van der Waals surface area contributed by atoms with E-state index in [4.69, 9.17) is 4.74 Å². The highest BCUT2D eigenvalue weighted by molar-refractivity contribution is 5.98. The summed E-state index contributed by atoms with van der Waals surface area (Å²) >= 11 is 0. The molecule has 2 rings (SSSR count). The zero-order valence-corrected chi connectivity index (χ0v) is 15.5. The van der Waals surface area contributed by atoms with Crippen molar-refractivity contribution in [2.24, 2.45) is 18.9 Å². The summed E-state index contributed by atoms with van der Waals surface area (Å²) in [6.45, 7) is 8.92. The number of rotatable bonds is 8. The van der Waals surface area contributed by atoms with Crippen LogP contribution in [0.1, 0.15) is 36.5 Å². The molecule has 1 unspecified atom stereocenters. The van der Waals surface area contributed by atoms with Crippen molar-refractivity contribution in [2.75, 3.05) is 6.61 Å². The van der Waals surface area contributed by atoms with E-state index >= 15 is 0 Å². The van der Waals surface area contributed by atoms with E-state index in [0.717, 1.165) is 10.6 Å². The Morgan fingerprint density at radius 1 is 1.46 bits per heavy atom. The number of aromatic nitrogens is 2. The van der Waals surface area contributed by atoms with Gasteiger partial charge in [0.15, 0.2) is 5.78 Å². The maximum absolute atomic E-state index is 12.6. The van der Waals surface area contributed by atoms with Crippen LogP contribution < -0.4 is 0 Å². The number of esters is 1. The molecule has 0 saturated carbocycles. The van der Waals surface area contributed by atoms with Crippen LogP contribution in [0.5, 0.6) is 0 Å². The average molecular weight is 363 g/mol. The van der Waals surface area contributed by atoms with Crippen LogP contribution >= 0.6 is 0 Å². The number of Topliss-reactive ketones (excluding diaryl/α,β-unsaturated/α-hetero) is 1. The summed E-state index contributed by atoms with van der Waals surface area (Å²) in [6.07, 6.45) is -0.388. The first kappa shape index (κ1) is 19.8. The van der Waals surface area contributed by atoms with Crippen LogP contribution in [0.4, 0.5) is 0 Å². The smallest absolute Gasteiger partial charge is 0.356 e. The van der Waals surface area contributed by atoms with Gasteiger partial charge in [-0.3, -0.25) is 14.3 Å². The Labute approximate surface area is 152 Å². The van der Waals surface area contributed by atoms with E-state index < -0.39 is 24.2 Å². The Morgan fingerprint density at radius 3 is 2.62 bits per heavy atom. The van der Waals surface area contributed by atoms with Crippen LogP contribution in [0, 0.1) is 18.8 Å². The normalized spacial score (nSPS) is 20.7. The third-order valence-corrected chi connectivity index (χ3v) is 4.64. The molecular formula is C18H25N3O5. The van der Waals surface area contributed by atoms with Crippen molar-refractivity contribution in [3.8, 4) is 0 Å². The number of aliphatic hydroxyl groups excluding tert-OH is 1. The average Bonchev–Trinajstić information content (AvgIpc) is 2.90. The van der Waals surface area contributed by atoms with Crippen molar-refractivity contribution in [1.29, 1.82) is 0 Å². The quantitative estimate of drug-likeness (QED) is 0.318. The van der Waals surface area contributed by atoms with Crippen LogP contribution in [0.15, 0.2) is 18.7 Å². The fraction of sp³-hybridized carbons (Fsp3) is 0.556. The van der Waals surface area contributed by atoms with Gasteiger partial charge in [0.25, 0.3) is 0 Å². The van der Waals surface area contributed by atoms with Crippen molar-refractivity contribution in [3.63, 3.8) is 0 Å². The molecular weight excluding hydrogens is 338 g/mol. The second-order valence-electron chi connectivity index (χ2n) is 6.80. The summed E-state index contributed by atoms with van der Waals surface area (Å²) in [5, 5.41) is 14.4. The zero-order valence-electron chi connectivity index (χ0n) is 15.5. The predicted molar refractivity (Wildman–Crippen MR) is 93.0 cm³/mol. The van der Waals surface area contributed by atoms with Gasteiger partial charge >= 0.3 is 5.97 Å². The van der Waals surface area contributed by atoms with Gasteiger partial charge in [0, 0.05) is 19.2 Å². The Morgan fingerprint density at radius 2 is 2.12 bits per heavy atom. The number of hydrogen-bond donors (Lipinski definition) is 1. The van der Waals surface area contributed by atoms with Crippen LogP contribution in [-0.2, 0) is 21.4 Å². The zero-order chi connectivity index (χ0) is 19.6. The van der Waals surface area contributed by atoms with Crippen molar-refractivity contribution >= 4 is 17.7 Å². The first-order valence-electron chi connectivity index (χ1n) is 8.50. The SMILES string of the molecule is C=CCOC(=O)C(O)N1C(=O)[C@H](C(C)C)[C@H]1CC(=O)c1cc(C)n(C)n1. The Hall–Kier alpha value is -2.48. The van der Waals surface area contributed by atoms with Crippen LogP contribution in [-0.4, -0.2) is 56.3 Å². The Kier molecular flexibility index (Phi) is 5.97. The van der Waals surface area contributed by atoms with Crippen LogP contribution in [0.3, 0.4) is 0 Å². The van der Waals surface area contributed by atoms with E-state index in [2.05, 4.69) is 11.7 Å². The molecule has 26 heavy (non-hydrogen) atoms. The number of nitrogens with zero attached hydrogens (tertiary/aromatic N) is 3. The molecule has 1 saturated heterocycles. The molecule has 8 heteroatoms. The van der Waals surface area contributed by atoms with Crippen molar-refractivity contribution in [3.05, 3.63) is 30.1 Å². The standard InChI is InChI=1S/C18H25N3O5/c1-6-7-26-18(25)17(24)21-13(15(10(2)3)16(21)23)9-14(22)12-8-11(4)20(5)19-12/h6,8,10,13,15,17,24H,1,7,9H2,2-5H3/t13-,15-,17?/m1/s1. The van der Waals surface area contributed by atoms with Gasteiger partial charge in [-0.2, -0.15) is 5.10 Å². The Balaban J connectivity index is 2.17. The largest absolute Gasteiger partial charge is 0.458 e. The van der Waals surface area contributed by atoms with Gasteiger partial charge in [-0.15, -0.1) is 0 Å². The number of carbonyl (C=O) groups excluding carboxylic acids is 3. The first-order valence-corrected chi connectivity index (χ1v) is 8.50. The van der Waals surface area contributed by atoms with Gasteiger partial charge in [0.1, 0.15) is 12.3 Å². The molecule has 142 valence electrons. The molecule has 1 fully saturated rings. The minimum atomic E-state index is -1.74. The topological polar surface area (TPSA) is 102 Å². The number of amides is 1. The molecule has 8 nitrogen and oxygen atoms in total. The molecule has 1 aliphatic heterocycles. The highest BCUT2D eigenvalue weighted by Crippen LogP contribution is 2.37. The molecule has 1 aromatic heterocycles. The van der Waals surface area contributed by atoms with E-state index in [-0.39, 0.29) is 30.6 Å². The fourth-order valence-corrected chi connectivity index (χ4v) is 3.17. The number of β-lactam (4-membered cyclic amide) rings is 1. The van der Waals surface area contributed by atoms with Gasteiger partial charge in [0.05, 0.1) is 12.0 Å². The lowest BCUT2D eigenvalue weighted by molar-refractivity contribution is -0.193. The van der Waals surface area contributed by atoms with Gasteiger partial charge in [-0.25, -0.2) is 4.79 Å². The van der Waals surface area contributed by atoms with Crippen molar-refractivity contribution < 1.29 is 24.2 Å². The second-order valence-corrected chi connectivity index (χ2v) is 6.80. The number of carbonyl (C=O) groups is 3. The van der Waals surface area contributed by atoms with E-state index in [1.807, 2.05) is 20.8 Å². The molecule has 0 aromatic carbocycles. The molecule has 1 aromatic rings. The lowest BCUT2D eigenvalue weighted by Gasteiger charge is -2.50. The minimum Gasteiger partial charge on any atom is -0.458 e. The van der Waals surface area contributed by atoms with Gasteiger partial charge < -0.3 is 14.7 Å². The number of aliphatic hydroxyl groups is 1. The molecule has 1 aliphatic rings. The molecule has 3 atom stereocenters. The highest BCUT2D eigenvalue weighted by Gasteiger charge is 2.53. The van der Waals surface area contributed by atoms with E-state index in [0.29, 0.717) is 5.69 Å². The van der Waals surface area contributed by atoms with Crippen molar-refractivity contribution in [1.82, 2.24) is 14.7 Å². The summed E-state index contributed by atoms with van der Waals surface area (Å²) in [6, 6.07) is 1.09. The maximum Gasteiger partial charge on any atom is 0.356 e. The molecule has 0 radical (unpaired) electrons. The molecule has 2 heterocycles. The fourth-order valence-electron chi connectivity index (χ4n) is 3.17. The number of likely N-dealkylation sites (tertiary alicyclic amines) is 1. The van der Waals surface area contributed by atoms with E-state index in [9.17, 15) is 19.5 Å². The van der Waals surface area contributed by atoms with Gasteiger partial charge in [-0.1, -0.05) is 26.5 Å². The molecule has 1 amide bonds. The lowest BCUT2D eigenvalue weighted by atomic mass is 9.76. The second kappa shape index (κ2) is 7.82. The molecule has 1 N–H and O–H groups in total. The monoisotopic (exact) mass is 363 g/mol. The third kappa shape index (κ3) is 3.70. The molecule has 0 spiro atoms. The highest BCUT2D eigenvalue weighted by atomic mass is 16.5. The number of aryl methyl sites for hydroxylation is 2. The summed E-state index contributed by atoms with van der Waals surface area (Å²) in [5.41, 5.74) is 1.14. The van der Waals surface area contributed by atoms with E-state index in [1.54, 1.807) is 17.8 Å². The molecule has 0 bridgehead atoms. The number of ether oxygens (including phenoxy) is 1. The van der Waals surface area contributed by atoms with Crippen LogP contribution in [0.2, 0.25) is 0 Å². The first-order chi connectivity index (χ1) is 12.2. The Bertz CT molecular complexity index is 705. The summed E-state index contributed by atoms with van der Waals surface area (Å²) in [7, 11) is 1.74. The lowest BCUT2D eigenvalue weighted by Crippen LogP contribution is -2.68. The predicted octanol–water partition coefficient (Wildman–Crippen LogP) is 0.832. The summed E-state index contributed by atoms with van der Waals surface area (Å²) in [5.74, 6) is -2.01. The minimum absolute atomic E-state index is 0.0170. The van der Waals surface area contributed by atoms with E-state index in [1.165, 1.54) is 6.08 Å². The van der Waals surface area contributed by atoms with Crippen LogP contribution in [0.25, 0.3) is 0 Å². The number of hydrogen-bond acceptors (Lipinski definition) is 6. The van der Waals surface area contributed by atoms with Gasteiger partial charge in [0.2, 0.25) is 12.1 Å².